The fourth-order valence-corrected chi connectivity index (χ4v) is 2.22. The van der Waals surface area contributed by atoms with E-state index in [0.29, 0.717) is 6.42 Å². The van der Waals surface area contributed by atoms with E-state index < -0.39 is 6.04 Å². The summed E-state index contributed by atoms with van der Waals surface area (Å²) < 4.78 is 0. The maximum atomic E-state index is 12.1. The minimum atomic E-state index is -0.579. The molecule has 0 aromatic rings. The van der Waals surface area contributed by atoms with Gasteiger partial charge in [-0.05, 0) is 38.6 Å². The van der Waals surface area contributed by atoms with Crippen LogP contribution in [0.2, 0.25) is 0 Å². The van der Waals surface area contributed by atoms with Crippen LogP contribution in [0.3, 0.4) is 0 Å². The van der Waals surface area contributed by atoms with Crippen LogP contribution in [0.25, 0.3) is 0 Å². The molecule has 0 radical (unpaired) electrons. The lowest BCUT2D eigenvalue weighted by Gasteiger charge is -2.21. The second-order valence-corrected chi connectivity index (χ2v) is 5.76. The van der Waals surface area contributed by atoms with Crippen LogP contribution in [0.4, 0.5) is 0 Å². The molecule has 0 aromatic heterocycles. The van der Waals surface area contributed by atoms with Crippen LogP contribution in [0.15, 0.2) is 0 Å². The minimum Gasteiger partial charge on any atom is -0.347 e. The first-order valence-corrected chi connectivity index (χ1v) is 7.21. The lowest BCUT2D eigenvalue weighted by atomic mass is 10.0. The molecular formula is C14H25N3O3. The number of hydrogen-bond acceptors (Lipinski definition) is 4. The molecule has 2 amide bonds. The predicted octanol–water partition coefficient (Wildman–Crippen LogP) is -0.0255. The normalized spacial score (nSPS) is 19.7. The summed E-state index contributed by atoms with van der Waals surface area (Å²) in [6.07, 6.45) is 2.33. The highest BCUT2D eigenvalue weighted by Gasteiger charge is 2.27. The van der Waals surface area contributed by atoms with Crippen molar-refractivity contribution in [3.8, 4) is 0 Å². The van der Waals surface area contributed by atoms with Crippen molar-refractivity contribution in [1.82, 2.24) is 16.0 Å². The molecule has 3 N–H and O–H groups in total. The van der Waals surface area contributed by atoms with Crippen molar-refractivity contribution >= 4 is 17.6 Å². The molecule has 1 heterocycles. The summed E-state index contributed by atoms with van der Waals surface area (Å²) in [5, 5.41) is 8.46. The summed E-state index contributed by atoms with van der Waals surface area (Å²) in [5.74, 6) is -0.253. The maximum Gasteiger partial charge on any atom is 0.242 e. The number of ketones is 1. The first-order chi connectivity index (χ1) is 9.40. The lowest BCUT2D eigenvalue weighted by Crippen LogP contribution is -2.52. The summed E-state index contributed by atoms with van der Waals surface area (Å²) in [6, 6.07) is -0.783. The second-order valence-electron chi connectivity index (χ2n) is 5.76. The van der Waals surface area contributed by atoms with Crippen LogP contribution in [0, 0.1) is 5.92 Å². The molecule has 6 nitrogen and oxygen atoms in total. The summed E-state index contributed by atoms with van der Waals surface area (Å²) in [7, 11) is 0. The Balaban J connectivity index is 2.55. The summed E-state index contributed by atoms with van der Waals surface area (Å²) in [6.45, 7) is 6.24. The molecule has 1 aliphatic heterocycles. The first kappa shape index (κ1) is 16.6. The fraction of sp³-hybridized carbons (Fsp3) is 0.786. The average Bonchev–Trinajstić information content (AvgIpc) is 2.88. The van der Waals surface area contributed by atoms with Gasteiger partial charge in [0.05, 0.1) is 12.6 Å². The molecule has 0 aromatic carbocycles. The van der Waals surface area contributed by atoms with Gasteiger partial charge in [-0.2, -0.15) is 0 Å². The summed E-state index contributed by atoms with van der Waals surface area (Å²) in [4.78, 5) is 35.0. The smallest absolute Gasteiger partial charge is 0.242 e. The highest BCUT2D eigenvalue weighted by molar-refractivity contribution is 5.91. The zero-order valence-electron chi connectivity index (χ0n) is 12.5. The van der Waals surface area contributed by atoms with Crippen LogP contribution in [0.5, 0.6) is 0 Å². The van der Waals surface area contributed by atoms with Gasteiger partial charge < -0.3 is 16.0 Å². The lowest BCUT2D eigenvalue weighted by molar-refractivity contribution is -0.130. The van der Waals surface area contributed by atoms with Crippen molar-refractivity contribution in [2.75, 3.05) is 13.1 Å². The van der Waals surface area contributed by atoms with Gasteiger partial charge in [0.1, 0.15) is 11.8 Å². The Bertz CT molecular complexity index is 363. The topological polar surface area (TPSA) is 87.3 Å². The van der Waals surface area contributed by atoms with E-state index in [4.69, 9.17) is 0 Å². The van der Waals surface area contributed by atoms with Crippen molar-refractivity contribution in [2.24, 2.45) is 5.92 Å². The monoisotopic (exact) mass is 283 g/mol. The minimum absolute atomic E-state index is 0.00494. The van der Waals surface area contributed by atoms with E-state index in [9.17, 15) is 14.4 Å². The Labute approximate surface area is 120 Å². The van der Waals surface area contributed by atoms with Gasteiger partial charge in [0, 0.05) is 0 Å². The number of carbonyl (C=O) groups is 3. The van der Waals surface area contributed by atoms with E-state index in [2.05, 4.69) is 16.0 Å². The zero-order chi connectivity index (χ0) is 15.1. The number of hydrogen-bond donors (Lipinski definition) is 3. The van der Waals surface area contributed by atoms with E-state index in [1.807, 2.05) is 13.8 Å². The van der Waals surface area contributed by atoms with Crippen LogP contribution < -0.4 is 16.0 Å². The van der Waals surface area contributed by atoms with Crippen molar-refractivity contribution in [1.29, 1.82) is 0 Å². The molecule has 1 fully saturated rings. The Hall–Kier alpha value is -1.43. The summed E-state index contributed by atoms with van der Waals surface area (Å²) >= 11 is 0. The Morgan fingerprint density at radius 2 is 2.00 bits per heavy atom. The molecule has 1 saturated heterocycles. The standard InChI is InChI=1S/C14H25N3O3/c1-9(2)7-12(13(19)16-8-10(3)18)17-14(20)11-5-4-6-15-11/h9,11-12,15H,4-8H2,1-3H3,(H,16,19)(H,17,20)/t11-,12-/m0/s1. The molecule has 1 aliphatic rings. The molecule has 20 heavy (non-hydrogen) atoms. The summed E-state index contributed by atoms with van der Waals surface area (Å²) in [5.41, 5.74) is 0. The third-order valence-corrected chi connectivity index (χ3v) is 3.23. The molecular weight excluding hydrogens is 258 g/mol. The van der Waals surface area contributed by atoms with Crippen molar-refractivity contribution in [3.05, 3.63) is 0 Å². The maximum absolute atomic E-state index is 12.1. The highest BCUT2D eigenvalue weighted by atomic mass is 16.2. The van der Waals surface area contributed by atoms with E-state index in [1.165, 1.54) is 6.92 Å². The fourth-order valence-electron chi connectivity index (χ4n) is 2.22. The first-order valence-electron chi connectivity index (χ1n) is 7.21. The molecule has 0 unspecified atom stereocenters. The molecule has 1 rings (SSSR count). The third-order valence-electron chi connectivity index (χ3n) is 3.23. The van der Waals surface area contributed by atoms with Crippen molar-refractivity contribution < 1.29 is 14.4 Å². The van der Waals surface area contributed by atoms with Gasteiger partial charge in [-0.3, -0.25) is 14.4 Å². The van der Waals surface area contributed by atoms with Gasteiger partial charge >= 0.3 is 0 Å². The molecule has 0 saturated carbocycles. The number of rotatable bonds is 7. The highest BCUT2D eigenvalue weighted by Crippen LogP contribution is 2.08. The van der Waals surface area contributed by atoms with Gasteiger partial charge in [-0.15, -0.1) is 0 Å². The largest absolute Gasteiger partial charge is 0.347 e. The number of amides is 2. The quantitative estimate of drug-likeness (QED) is 0.612. The number of carbonyl (C=O) groups excluding carboxylic acids is 3. The molecule has 0 aliphatic carbocycles. The van der Waals surface area contributed by atoms with Crippen molar-refractivity contribution in [3.63, 3.8) is 0 Å². The van der Waals surface area contributed by atoms with E-state index in [-0.39, 0.29) is 36.1 Å². The molecule has 0 bridgehead atoms. The Morgan fingerprint density at radius 3 is 2.50 bits per heavy atom. The van der Waals surface area contributed by atoms with Gasteiger partial charge in [-0.25, -0.2) is 0 Å². The van der Waals surface area contributed by atoms with Crippen LogP contribution >= 0.6 is 0 Å². The van der Waals surface area contributed by atoms with Gasteiger partial charge in [0.2, 0.25) is 11.8 Å². The zero-order valence-corrected chi connectivity index (χ0v) is 12.5. The van der Waals surface area contributed by atoms with E-state index >= 15 is 0 Å². The van der Waals surface area contributed by atoms with Crippen LogP contribution in [0.1, 0.15) is 40.0 Å². The third kappa shape index (κ3) is 5.69. The van der Waals surface area contributed by atoms with Crippen molar-refractivity contribution in [2.45, 2.75) is 52.1 Å². The van der Waals surface area contributed by atoms with E-state index in [0.717, 1.165) is 19.4 Å². The Morgan fingerprint density at radius 1 is 1.30 bits per heavy atom. The van der Waals surface area contributed by atoms with Crippen LogP contribution in [-0.4, -0.2) is 42.8 Å². The van der Waals surface area contributed by atoms with E-state index in [1.54, 1.807) is 0 Å². The molecule has 6 heteroatoms. The van der Waals surface area contributed by atoms with Gasteiger partial charge in [0.25, 0.3) is 0 Å². The Kier molecular flexibility index (Phi) is 6.64. The second kappa shape index (κ2) is 7.99. The average molecular weight is 283 g/mol. The molecule has 114 valence electrons. The molecule has 0 spiro atoms. The van der Waals surface area contributed by atoms with Crippen LogP contribution in [-0.2, 0) is 14.4 Å². The number of Topliss-reactive ketones (excluding diaryl/α,β-unsaturated/α-hetero) is 1. The number of nitrogens with one attached hydrogen (secondary N) is 3. The SMILES string of the molecule is CC(=O)CNC(=O)[C@H](CC(C)C)NC(=O)[C@@H]1CCCN1. The van der Waals surface area contributed by atoms with Gasteiger partial charge in [0.15, 0.2) is 0 Å². The predicted molar refractivity (Wildman–Crippen MR) is 76.1 cm³/mol. The van der Waals surface area contributed by atoms with Gasteiger partial charge in [-0.1, -0.05) is 13.8 Å². The molecule has 2 atom stereocenters.